The number of carbonyl (C=O) groups is 2. The first-order valence-electron chi connectivity index (χ1n) is 7.49. The maximum Gasteiger partial charge on any atom is 0.321 e. The minimum absolute atomic E-state index is 0.0334. The summed E-state index contributed by atoms with van der Waals surface area (Å²) < 4.78 is 0. The SMILES string of the molecule is CNC(=O)NC(=O)C(C)SC(c1ccccc1)c1ccc(Cl)cc1. The van der Waals surface area contributed by atoms with E-state index >= 15 is 0 Å². The Balaban J connectivity index is 2.22. The Bertz CT molecular complexity index is 692. The van der Waals surface area contributed by atoms with Crippen molar-refractivity contribution in [1.29, 1.82) is 0 Å². The molecule has 2 unspecified atom stereocenters. The predicted molar refractivity (Wildman–Crippen MR) is 99.4 cm³/mol. The molecule has 2 N–H and O–H groups in total. The van der Waals surface area contributed by atoms with Crippen molar-refractivity contribution in [3.63, 3.8) is 0 Å². The number of rotatable bonds is 5. The summed E-state index contributed by atoms with van der Waals surface area (Å²) in [4.78, 5) is 23.5. The summed E-state index contributed by atoms with van der Waals surface area (Å²) in [6.45, 7) is 1.79. The second-order valence-corrected chi connectivity index (χ2v) is 7.08. The number of imide groups is 1. The Hall–Kier alpha value is -1.98. The Labute approximate surface area is 151 Å². The summed E-state index contributed by atoms with van der Waals surface area (Å²) >= 11 is 7.46. The largest absolute Gasteiger partial charge is 0.341 e. The van der Waals surface area contributed by atoms with E-state index in [4.69, 9.17) is 11.6 Å². The van der Waals surface area contributed by atoms with Crippen LogP contribution in [0, 0.1) is 0 Å². The molecule has 0 aliphatic rings. The second kappa shape index (κ2) is 8.76. The van der Waals surface area contributed by atoms with E-state index in [1.54, 1.807) is 6.92 Å². The minimum Gasteiger partial charge on any atom is -0.341 e. The molecule has 0 saturated heterocycles. The highest BCUT2D eigenvalue weighted by Crippen LogP contribution is 2.38. The number of hydrogen-bond donors (Lipinski definition) is 2. The van der Waals surface area contributed by atoms with Gasteiger partial charge in [0.15, 0.2) is 0 Å². The summed E-state index contributed by atoms with van der Waals surface area (Å²) in [6.07, 6.45) is 0. The van der Waals surface area contributed by atoms with Crippen LogP contribution in [0.3, 0.4) is 0 Å². The van der Waals surface area contributed by atoms with E-state index in [0.29, 0.717) is 5.02 Å². The lowest BCUT2D eigenvalue weighted by atomic mass is 10.0. The summed E-state index contributed by atoms with van der Waals surface area (Å²) in [5.74, 6) is -0.325. The van der Waals surface area contributed by atoms with Crippen LogP contribution in [0.1, 0.15) is 23.3 Å². The molecule has 24 heavy (non-hydrogen) atoms. The Morgan fingerprint density at radius 2 is 1.58 bits per heavy atom. The summed E-state index contributed by atoms with van der Waals surface area (Å²) in [5.41, 5.74) is 2.14. The van der Waals surface area contributed by atoms with Crippen LogP contribution in [0.2, 0.25) is 5.02 Å². The maximum absolute atomic E-state index is 12.2. The van der Waals surface area contributed by atoms with Crippen molar-refractivity contribution in [2.24, 2.45) is 0 Å². The van der Waals surface area contributed by atoms with Crippen molar-refractivity contribution in [2.75, 3.05) is 7.05 Å². The van der Waals surface area contributed by atoms with Gasteiger partial charge in [-0.2, -0.15) is 0 Å². The summed E-state index contributed by atoms with van der Waals surface area (Å²) in [5, 5.41) is 4.93. The Morgan fingerprint density at radius 3 is 2.17 bits per heavy atom. The lowest BCUT2D eigenvalue weighted by molar-refractivity contribution is -0.119. The third-order valence-electron chi connectivity index (χ3n) is 3.45. The monoisotopic (exact) mass is 362 g/mol. The van der Waals surface area contributed by atoms with Gasteiger partial charge in [0.2, 0.25) is 5.91 Å². The normalized spacial score (nSPS) is 13.0. The predicted octanol–water partition coefficient (Wildman–Crippen LogP) is 4.01. The van der Waals surface area contributed by atoms with Gasteiger partial charge in [0.05, 0.1) is 10.5 Å². The summed E-state index contributed by atoms with van der Waals surface area (Å²) in [6, 6.07) is 17.0. The number of urea groups is 1. The zero-order valence-corrected chi connectivity index (χ0v) is 15.0. The highest BCUT2D eigenvalue weighted by Gasteiger charge is 2.23. The van der Waals surface area contributed by atoms with Crippen LogP contribution >= 0.6 is 23.4 Å². The number of carbonyl (C=O) groups excluding carboxylic acids is 2. The fraction of sp³-hybridized carbons (Fsp3) is 0.222. The Morgan fingerprint density at radius 1 is 1.00 bits per heavy atom. The van der Waals surface area contributed by atoms with Gasteiger partial charge in [-0.1, -0.05) is 54.1 Å². The fourth-order valence-electron chi connectivity index (χ4n) is 2.16. The molecule has 0 radical (unpaired) electrons. The van der Waals surface area contributed by atoms with Crippen molar-refractivity contribution >= 4 is 35.3 Å². The molecule has 0 heterocycles. The van der Waals surface area contributed by atoms with Crippen molar-refractivity contribution < 1.29 is 9.59 Å². The number of benzene rings is 2. The highest BCUT2D eigenvalue weighted by atomic mass is 35.5. The molecule has 2 atom stereocenters. The van der Waals surface area contributed by atoms with Gasteiger partial charge in [-0.15, -0.1) is 11.8 Å². The molecule has 0 bridgehead atoms. The molecule has 6 heteroatoms. The molecule has 0 fully saturated rings. The van der Waals surface area contributed by atoms with E-state index < -0.39 is 11.3 Å². The molecule has 3 amide bonds. The molecule has 4 nitrogen and oxygen atoms in total. The van der Waals surface area contributed by atoms with Gasteiger partial charge >= 0.3 is 6.03 Å². The van der Waals surface area contributed by atoms with Crippen LogP contribution in [0.25, 0.3) is 0 Å². The zero-order valence-electron chi connectivity index (χ0n) is 13.5. The first kappa shape index (κ1) is 18.4. The molecule has 2 rings (SSSR count). The van der Waals surface area contributed by atoms with E-state index in [1.807, 2.05) is 54.6 Å². The van der Waals surface area contributed by atoms with Gasteiger partial charge in [0, 0.05) is 12.1 Å². The number of nitrogens with one attached hydrogen (secondary N) is 2. The second-order valence-electron chi connectivity index (χ2n) is 5.19. The summed E-state index contributed by atoms with van der Waals surface area (Å²) in [7, 11) is 1.47. The first-order valence-corrected chi connectivity index (χ1v) is 8.81. The smallest absolute Gasteiger partial charge is 0.321 e. The van der Waals surface area contributed by atoms with E-state index in [9.17, 15) is 9.59 Å². The average molecular weight is 363 g/mol. The van der Waals surface area contributed by atoms with Crippen LogP contribution in [0.5, 0.6) is 0 Å². The molecule has 2 aromatic carbocycles. The topological polar surface area (TPSA) is 58.2 Å². The number of halogens is 1. The van der Waals surface area contributed by atoms with Gasteiger partial charge < -0.3 is 5.32 Å². The van der Waals surface area contributed by atoms with Gasteiger partial charge in [0.1, 0.15) is 0 Å². The Kier molecular flexibility index (Phi) is 6.70. The lowest BCUT2D eigenvalue weighted by Gasteiger charge is -2.21. The molecule has 0 aliphatic carbocycles. The third kappa shape index (κ3) is 5.01. The number of hydrogen-bond acceptors (Lipinski definition) is 3. The van der Waals surface area contributed by atoms with Gasteiger partial charge in [0.25, 0.3) is 0 Å². The molecule has 2 aromatic rings. The van der Waals surface area contributed by atoms with Crippen LogP contribution < -0.4 is 10.6 Å². The highest BCUT2D eigenvalue weighted by molar-refractivity contribution is 8.01. The van der Waals surface area contributed by atoms with Crippen molar-refractivity contribution in [3.05, 3.63) is 70.7 Å². The first-order chi connectivity index (χ1) is 11.5. The average Bonchev–Trinajstić information content (AvgIpc) is 2.61. The van der Waals surface area contributed by atoms with Gasteiger partial charge in [-0.3, -0.25) is 10.1 Å². The number of thioether (sulfide) groups is 1. The zero-order chi connectivity index (χ0) is 17.5. The molecule has 0 saturated carbocycles. The molecule has 0 aromatic heterocycles. The standard InChI is InChI=1S/C18H19ClN2O2S/c1-12(17(22)21-18(23)20-2)24-16(13-6-4-3-5-7-13)14-8-10-15(19)11-9-14/h3-12,16H,1-2H3,(H2,20,21,22,23). The maximum atomic E-state index is 12.2. The quantitative estimate of drug-likeness (QED) is 0.845. The van der Waals surface area contributed by atoms with E-state index in [-0.39, 0.29) is 11.2 Å². The molecular formula is C18H19ClN2O2S. The van der Waals surface area contributed by atoms with Crippen LogP contribution in [-0.2, 0) is 4.79 Å². The van der Waals surface area contributed by atoms with Gasteiger partial charge in [-0.25, -0.2) is 4.79 Å². The van der Waals surface area contributed by atoms with Crippen LogP contribution in [-0.4, -0.2) is 24.2 Å². The van der Waals surface area contributed by atoms with E-state index in [0.717, 1.165) is 11.1 Å². The van der Waals surface area contributed by atoms with Crippen molar-refractivity contribution in [2.45, 2.75) is 17.4 Å². The van der Waals surface area contributed by atoms with E-state index in [1.165, 1.54) is 18.8 Å². The van der Waals surface area contributed by atoms with Crippen LogP contribution in [0.15, 0.2) is 54.6 Å². The van der Waals surface area contributed by atoms with Crippen molar-refractivity contribution in [1.82, 2.24) is 10.6 Å². The van der Waals surface area contributed by atoms with Crippen LogP contribution in [0.4, 0.5) is 4.79 Å². The van der Waals surface area contributed by atoms with E-state index in [2.05, 4.69) is 10.6 Å². The third-order valence-corrected chi connectivity index (χ3v) is 5.14. The lowest BCUT2D eigenvalue weighted by Crippen LogP contribution is -2.41. The minimum atomic E-state index is -0.504. The molecule has 0 aliphatic heterocycles. The molecule has 0 spiro atoms. The van der Waals surface area contributed by atoms with Gasteiger partial charge in [-0.05, 0) is 30.2 Å². The molecular weight excluding hydrogens is 344 g/mol. The van der Waals surface area contributed by atoms with Crippen molar-refractivity contribution in [3.8, 4) is 0 Å². The molecule has 126 valence electrons. The fourth-order valence-corrected chi connectivity index (χ4v) is 3.50. The number of amides is 3.